The molecule has 3 aromatic rings. The summed E-state index contributed by atoms with van der Waals surface area (Å²) in [6.45, 7) is 0. The molecular weight excluding hydrogens is 310 g/mol. The molecule has 0 spiro atoms. The third-order valence-corrected chi connectivity index (χ3v) is 5.69. The number of primary amides is 1. The van der Waals surface area contributed by atoms with E-state index < -0.39 is 15.9 Å². The summed E-state index contributed by atoms with van der Waals surface area (Å²) in [5.41, 5.74) is 6.34. The first-order chi connectivity index (χ1) is 9.97. The number of hydrogen-bond acceptors (Lipinski definition) is 4. The molecule has 0 saturated heterocycles. The Labute approximate surface area is 124 Å². The average Bonchev–Trinajstić information content (AvgIpc) is 3.08. The van der Waals surface area contributed by atoms with Crippen molar-refractivity contribution < 1.29 is 13.2 Å². The second kappa shape index (κ2) is 4.90. The van der Waals surface area contributed by atoms with Gasteiger partial charge < -0.3 is 10.7 Å². The van der Waals surface area contributed by atoms with Crippen molar-refractivity contribution in [2.45, 2.75) is 4.21 Å². The lowest BCUT2D eigenvalue weighted by Crippen LogP contribution is -2.12. The number of carbonyl (C=O) groups excluding carboxylic acids is 1. The van der Waals surface area contributed by atoms with Crippen LogP contribution in [0.5, 0.6) is 0 Å². The summed E-state index contributed by atoms with van der Waals surface area (Å²) in [4.78, 5) is 14.0. The zero-order chi connectivity index (χ0) is 15.0. The number of carbonyl (C=O) groups is 1. The quantitative estimate of drug-likeness (QED) is 0.685. The number of amides is 1. The molecule has 6 nitrogen and oxygen atoms in total. The zero-order valence-corrected chi connectivity index (χ0v) is 12.3. The lowest BCUT2D eigenvalue weighted by molar-refractivity contribution is 0.0996. The van der Waals surface area contributed by atoms with E-state index in [2.05, 4.69) is 9.71 Å². The second-order valence-electron chi connectivity index (χ2n) is 4.35. The summed E-state index contributed by atoms with van der Waals surface area (Å²) >= 11 is 1.13. The minimum Gasteiger partial charge on any atom is -0.364 e. The van der Waals surface area contributed by atoms with Gasteiger partial charge in [-0.05, 0) is 23.6 Å². The Kier molecular flexibility index (Phi) is 3.19. The number of aromatic nitrogens is 1. The molecule has 0 saturated carbocycles. The molecule has 0 fully saturated rings. The first kappa shape index (κ1) is 13.7. The summed E-state index contributed by atoms with van der Waals surface area (Å²) in [7, 11) is -3.64. The fourth-order valence-electron chi connectivity index (χ4n) is 1.99. The van der Waals surface area contributed by atoms with Crippen LogP contribution in [-0.2, 0) is 10.0 Å². The van der Waals surface area contributed by atoms with Crippen LogP contribution in [-0.4, -0.2) is 19.3 Å². The summed E-state index contributed by atoms with van der Waals surface area (Å²) in [5, 5.41) is 2.39. The number of benzene rings is 1. The van der Waals surface area contributed by atoms with E-state index in [0.717, 1.165) is 11.3 Å². The van der Waals surface area contributed by atoms with Crippen LogP contribution in [0.15, 0.2) is 46.0 Å². The monoisotopic (exact) mass is 321 g/mol. The van der Waals surface area contributed by atoms with Crippen LogP contribution in [0.25, 0.3) is 10.9 Å². The Hall–Kier alpha value is -2.32. The minimum atomic E-state index is -3.64. The van der Waals surface area contributed by atoms with Gasteiger partial charge in [0.25, 0.3) is 15.9 Å². The van der Waals surface area contributed by atoms with E-state index in [1.807, 2.05) is 0 Å². The molecule has 21 heavy (non-hydrogen) atoms. The molecule has 4 N–H and O–H groups in total. The highest BCUT2D eigenvalue weighted by atomic mass is 32.2. The Morgan fingerprint density at radius 1 is 1.24 bits per heavy atom. The predicted molar refractivity (Wildman–Crippen MR) is 81.9 cm³/mol. The van der Waals surface area contributed by atoms with Crippen LogP contribution in [0, 0.1) is 0 Å². The number of nitrogens with one attached hydrogen (secondary N) is 2. The third kappa shape index (κ3) is 2.50. The van der Waals surface area contributed by atoms with Gasteiger partial charge >= 0.3 is 0 Å². The molecule has 0 aliphatic heterocycles. The number of fused-ring (bicyclic) bond motifs is 1. The highest BCUT2D eigenvalue weighted by Crippen LogP contribution is 2.27. The molecule has 2 heterocycles. The number of hydrogen-bond donors (Lipinski definition) is 3. The predicted octanol–water partition coefficient (Wildman–Crippen LogP) is 2.13. The maximum Gasteiger partial charge on any atom is 0.271 e. The van der Waals surface area contributed by atoms with Gasteiger partial charge in [-0.25, -0.2) is 8.42 Å². The standard InChI is InChI=1S/C13H11N3O3S2/c14-13(17)10-7-8-3-1-4-9(12(8)15-10)16-21(18,19)11-5-2-6-20-11/h1-7,15-16H,(H2,14,17). The molecule has 0 atom stereocenters. The van der Waals surface area contributed by atoms with Crippen molar-refractivity contribution >= 4 is 43.9 Å². The number of thiophene rings is 1. The Morgan fingerprint density at radius 2 is 2.05 bits per heavy atom. The molecule has 0 aliphatic rings. The topological polar surface area (TPSA) is 105 Å². The number of para-hydroxylation sites is 1. The molecule has 3 rings (SSSR count). The number of H-pyrrole nitrogens is 1. The number of aromatic amines is 1. The molecule has 0 unspecified atom stereocenters. The highest BCUT2D eigenvalue weighted by molar-refractivity contribution is 7.94. The van der Waals surface area contributed by atoms with Gasteiger partial charge in [-0.15, -0.1) is 11.3 Å². The first-order valence-electron chi connectivity index (χ1n) is 5.95. The summed E-state index contributed by atoms with van der Waals surface area (Å²) in [5.74, 6) is -0.599. The SMILES string of the molecule is NC(=O)c1cc2cccc(NS(=O)(=O)c3cccs3)c2[nH]1. The molecule has 1 amide bonds. The highest BCUT2D eigenvalue weighted by Gasteiger charge is 2.17. The maximum absolute atomic E-state index is 12.2. The Bertz CT molecular complexity index is 911. The second-order valence-corrected chi connectivity index (χ2v) is 7.21. The molecule has 1 aromatic carbocycles. The van der Waals surface area contributed by atoms with E-state index in [1.54, 1.807) is 35.7 Å². The third-order valence-electron chi connectivity index (χ3n) is 2.93. The van der Waals surface area contributed by atoms with E-state index in [1.165, 1.54) is 6.07 Å². The molecule has 108 valence electrons. The van der Waals surface area contributed by atoms with Crippen molar-refractivity contribution in [1.82, 2.24) is 4.98 Å². The normalized spacial score (nSPS) is 11.6. The van der Waals surface area contributed by atoms with Crippen molar-refractivity contribution in [3.05, 3.63) is 47.5 Å². The van der Waals surface area contributed by atoms with Gasteiger partial charge in [0.2, 0.25) is 0 Å². The summed E-state index contributed by atoms with van der Waals surface area (Å²) < 4.78 is 27.2. The molecule has 8 heteroatoms. The summed E-state index contributed by atoms with van der Waals surface area (Å²) in [6.07, 6.45) is 0. The first-order valence-corrected chi connectivity index (χ1v) is 8.31. The van der Waals surface area contributed by atoms with E-state index >= 15 is 0 Å². The van der Waals surface area contributed by atoms with Crippen LogP contribution in [0.2, 0.25) is 0 Å². The van der Waals surface area contributed by atoms with Gasteiger partial charge in [-0.2, -0.15) is 0 Å². The number of rotatable bonds is 4. The van der Waals surface area contributed by atoms with Crippen molar-refractivity contribution in [3.8, 4) is 0 Å². The van der Waals surface area contributed by atoms with Gasteiger partial charge in [0, 0.05) is 5.39 Å². The van der Waals surface area contributed by atoms with Crippen molar-refractivity contribution in [3.63, 3.8) is 0 Å². The van der Waals surface area contributed by atoms with Crippen LogP contribution in [0.4, 0.5) is 5.69 Å². The van der Waals surface area contributed by atoms with Gasteiger partial charge in [0.15, 0.2) is 0 Å². The van der Waals surface area contributed by atoms with Crippen LogP contribution in [0.3, 0.4) is 0 Å². The van der Waals surface area contributed by atoms with Gasteiger partial charge in [0.05, 0.1) is 11.2 Å². The number of nitrogens with two attached hydrogens (primary N) is 1. The summed E-state index contributed by atoms with van der Waals surface area (Å²) in [6, 6.07) is 9.86. The van der Waals surface area contributed by atoms with Crippen molar-refractivity contribution in [2.75, 3.05) is 4.72 Å². The van der Waals surface area contributed by atoms with Crippen molar-refractivity contribution in [2.24, 2.45) is 5.73 Å². The zero-order valence-electron chi connectivity index (χ0n) is 10.7. The number of anilines is 1. The molecule has 2 aromatic heterocycles. The molecule has 0 bridgehead atoms. The van der Waals surface area contributed by atoms with Crippen LogP contribution >= 0.6 is 11.3 Å². The van der Waals surface area contributed by atoms with Gasteiger partial charge in [0.1, 0.15) is 9.90 Å². The van der Waals surface area contributed by atoms with Gasteiger partial charge in [-0.1, -0.05) is 18.2 Å². The largest absolute Gasteiger partial charge is 0.364 e. The fraction of sp³-hybridized carbons (Fsp3) is 0. The van der Waals surface area contributed by atoms with Crippen molar-refractivity contribution in [1.29, 1.82) is 0 Å². The van der Waals surface area contributed by atoms with Crippen LogP contribution in [0.1, 0.15) is 10.5 Å². The van der Waals surface area contributed by atoms with E-state index in [0.29, 0.717) is 16.6 Å². The fourth-order valence-corrected chi connectivity index (χ4v) is 4.05. The average molecular weight is 321 g/mol. The molecule has 0 radical (unpaired) electrons. The van der Waals surface area contributed by atoms with E-state index in [9.17, 15) is 13.2 Å². The minimum absolute atomic E-state index is 0.223. The van der Waals surface area contributed by atoms with E-state index in [-0.39, 0.29) is 9.90 Å². The Morgan fingerprint density at radius 3 is 2.71 bits per heavy atom. The lowest BCUT2D eigenvalue weighted by atomic mass is 10.2. The van der Waals surface area contributed by atoms with Crippen LogP contribution < -0.4 is 10.5 Å². The van der Waals surface area contributed by atoms with Gasteiger partial charge in [-0.3, -0.25) is 9.52 Å². The molecular formula is C13H11N3O3S2. The Balaban J connectivity index is 2.07. The maximum atomic E-state index is 12.2. The lowest BCUT2D eigenvalue weighted by Gasteiger charge is -2.07. The smallest absolute Gasteiger partial charge is 0.271 e. The molecule has 0 aliphatic carbocycles. The number of sulfonamides is 1. The van der Waals surface area contributed by atoms with E-state index in [4.69, 9.17) is 5.73 Å².